The van der Waals surface area contributed by atoms with Gasteiger partial charge in [0.05, 0.1) is 11.5 Å². The number of hydrogen-bond donors (Lipinski definition) is 1. The fourth-order valence-corrected chi connectivity index (χ4v) is 3.63. The molecule has 116 valence electrons. The van der Waals surface area contributed by atoms with Crippen molar-refractivity contribution in [1.29, 1.82) is 0 Å². The Labute approximate surface area is 127 Å². The number of benzene rings is 1. The smallest absolute Gasteiger partial charge is 0.243 e. The molecule has 0 aromatic heterocycles. The van der Waals surface area contributed by atoms with Crippen LogP contribution in [-0.4, -0.2) is 37.5 Å². The Hall–Kier alpha value is -1.35. The Morgan fingerprint density at radius 3 is 2.43 bits per heavy atom. The number of rotatable bonds is 7. The highest BCUT2D eigenvalue weighted by Gasteiger charge is 2.22. The van der Waals surface area contributed by atoms with Crippen LogP contribution in [0.25, 0.3) is 0 Å². The normalized spacial score (nSPS) is 11.2. The van der Waals surface area contributed by atoms with E-state index in [2.05, 4.69) is 11.8 Å². The van der Waals surface area contributed by atoms with Gasteiger partial charge in [-0.3, -0.25) is 0 Å². The number of nitrogens with zero attached hydrogens (tertiary/aromatic N) is 1. The molecule has 0 aliphatic carbocycles. The molecule has 1 N–H and O–H groups in total. The molecular formula is C16H23NO3S. The van der Waals surface area contributed by atoms with Crippen LogP contribution in [0.4, 0.5) is 0 Å². The highest BCUT2D eigenvalue weighted by molar-refractivity contribution is 7.89. The van der Waals surface area contributed by atoms with Crippen molar-refractivity contribution in [2.45, 2.75) is 38.0 Å². The lowest BCUT2D eigenvalue weighted by molar-refractivity contribution is 0.305. The summed E-state index contributed by atoms with van der Waals surface area (Å²) in [7, 11) is -3.46. The SMILES string of the molecule is CCCN(CCC)S(=O)(=O)c1cccc(C#CCCO)c1. The van der Waals surface area contributed by atoms with Crippen molar-refractivity contribution in [3.8, 4) is 11.8 Å². The van der Waals surface area contributed by atoms with Gasteiger partial charge in [-0.15, -0.1) is 0 Å². The standard InChI is InChI=1S/C16H23NO3S/c1-3-11-17(12-4-2)21(19,20)16-10-7-9-15(14-16)8-5-6-13-18/h7,9-10,14,18H,3-4,6,11-13H2,1-2H3. The molecule has 0 aliphatic heterocycles. The monoisotopic (exact) mass is 309 g/mol. The van der Waals surface area contributed by atoms with E-state index in [1.54, 1.807) is 24.3 Å². The first kappa shape index (κ1) is 17.7. The third kappa shape index (κ3) is 5.16. The van der Waals surface area contributed by atoms with Crippen LogP contribution in [0.2, 0.25) is 0 Å². The molecule has 0 amide bonds. The van der Waals surface area contributed by atoms with Crippen molar-refractivity contribution < 1.29 is 13.5 Å². The summed E-state index contributed by atoms with van der Waals surface area (Å²) < 4.78 is 26.8. The van der Waals surface area contributed by atoms with Crippen LogP contribution < -0.4 is 0 Å². The summed E-state index contributed by atoms with van der Waals surface area (Å²) in [4.78, 5) is 0.278. The first-order valence-electron chi connectivity index (χ1n) is 7.26. The maximum Gasteiger partial charge on any atom is 0.243 e. The summed E-state index contributed by atoms with van der Waals surface area (Å²) in [6.07, 6.45) is 1.96. The van der Waals surface area contributed by atoms with Gasteiger partial charge in [-0.05, 0) is 31.0 Å². The molecule has 0 heterocycles. The van der Waals surface area contributed by atoms with Crippen LogP contribution in [0.5, 0.6) is 0 Å². The highest BCUT2D eigenvalue weighted by Crippen LogP contribution is 2.17. The van der Waals surface area contributed by atoms with E-state index in [-0.39, 0.29) is 11.5 Å². The maximum absolute atomic E-state index is 12.6. The van der Waals surface area contributed by atoms with Gasteiger partial charge in [0.15, 0.2) is 0 Å². The third-order valence-electron chi connectivity index (χ3n) is 2.89. The van der Waals surface area contributed by atoms with Crippen molar-refractivity contribution in [2.24, 2.45) is 0 Å². The van der Waals surface area contributed by atoms with Crippen LogP contribution in [0.15, 0.2) is 29.2 Å². The minimum absolute atomic E-state index is 0.00572. The van der Waals surface area contributed by atoms with E-state index in [4.69, 9.17) is 5.11 Å². The second-order valence-electron chi connectivity index (χ2n) is 4.71. The lowest BCUT2D eigenvalue weighted by atomic mass is 10.2. The minimum Gasteiger partial charge on any atom is -0.395 e. The van der Waals surface area contributed by atoms with Crippen molar-refractivity contribution in [1.82, 2.24) is 4.31 Å². The summed E-state index contributed by atoms with van der Waals surface area (Å²) in [5.74, 6) is 5.67. The first-order chi connectivity index (χ1) is 10.1. The van der Waals surface area contributed by atoms with Gasteiger partial charge < -0.3 is 5.11 Å². The largest absolute Gasteiger partial charge is 0.395 e. The van der Waals surface area contributed by atoms with Crippen molar-refractivity contribution in [3.63, 3.8) is 0 Å². The molecular weight excluding hydrogens is 286 g/mol. The van der Waals surface area contributed by atoms with Crippen molar-refractivity contribution >= 4 is 10.0 Å². The number of hydrogen-bond acceptors (Lipinski definition) is 3. The average molecular weight is 309 g/mol. The van der Waals surface area contributed by atoms with Gasteiger partial charge in [0.2, 0.25) is 10.0 Å². The molecule has 5 heteroatoms. The zero-order chi connectivity index (χ0) is 15.7. The molecule has 1 aromatic rings. The predicted molar refractivity (Wildman–Crippen MR) is 84.4 cm³/mol. The highest BCUT2D eigenvalue weighted by atomic mass is 32.2. The molecule has 0 atom stereocenters. The van der Waals surface area contributed by atoms with Crippen LogP contribution >= 0.6 is 0 Å². The zero-order valence-corrected chi connectivity index (χ0v) is 13.5. The molecule has 0 saturated carbocycles. The Balaban J connectivity index is 3.08. The summed E-state index contributed by atoms with van der Waals surface area (Å²) in [5.41, 5.74) is 0.650. The molecule has 1 rings (SSSR count). The second-order valence-corrected chi connectivity index (χ2v) is 6.65. The molecule has 0 unspecified atom stereocenters. The lowest BCUT2D eigenvalue weighted by Gasteiger charge is -2.21. The molecule has 0 saturated heterocycles. The van der Waals surface area contributed by atoms with E-state index in [1.807, 2.05) is 13.8 Å². The predicted octanol–water partition coefficient (Wildman–Crippen LogP) is 2.23. The average Bonchev–Trinajstić information content (AvgIpc) is 2.47. The summed E-state index contributed by atoms with van der Waals surface area (Å²) >= 11 is 0. The molecule has 4 nitrogen and oxygen atoms in total. The van der Waals surface area contributed by atoms with E-state index in [0.717, 1.165) is 12.8 Å². The number of aliphatic hydroxyl groups is 1. The minimum atomic E-state index is -3.46. The molecule has 21 heavy (non-hydrogen) atoms. The van der Waals surface area contributed by atoms with Crippen LogP contribution in [0.3, 0.4) is 0 Å². The van der Waals surface area contributed by atoms with Crippen LogP contribution in [0.1, 0.15) is 38.7 Å². The number of sulfonamides is 1. The van der Waals surface area contributed by atoms with Gasteiger partial charge in [-0.25, -0.2) is 8.42 Å². The van der Waals surface area contributed by atoms with Gasteiger partial charge >= 0.3 is 0 Å². The zero-order valence-electron chi connectivity index (χ0n) is 12.7. The molecule has 0 spiro atoms. The van der Waals surface area contributed by atoms with Gasteiger partial charge in [-0.2, -0.15) is 4.31 Å². The Bertz CT molecular complexity index is 593. The van der Waals surface area contributed by atoms with Gasteiger partial charge in [0, 0.05) is 25.1 Å². The molecule has 0 fully saturated rings. The van der Waals surface area contributed by atoms with Crippen LogP contribution in [0, 0.1) is 11.8 Å². The van der Waals surface area contributed by atoms with E-state index in [9.17, 15) is 8.42 Å². The molecule has 1 aromatic carbocycles. The quantitative estimate of drug-likeness (QED) is 0.786. The van der Waals surface area contributed by atoms with E-state index >= 15 is 0 Å². The fraction of sp³-hybridized carbons (Fsp3) is 0.500. The van der Waals surface area contributed by atoms with Crippen molar-refractivity contribution in [3.05, 3.63) is 29.8 Å². The van der Waals surface area contributed by atoms with Gasteiger partial charge in [-0.1, -0.05) is 31.8 Å². The first-order valence-corrected chi connectivity index (χ1v) is 8.70. The Morgan fingerprint density at radius 2 is 1.86 bits per heavy atom. The van der Waals surface area contributed by atoms with Gasteiger partial charge in [0.25, 0.3) is 0 Å². The number of aliphatic hydroxyl groups excluding tert-OH is 1. The van der Waals surface area contributed by atoms with E-state index in [1.165, 1.54) is 4.31 Å². The third-order valence-corrected chi connectivity index (χ3v) is 4.78. The molecule has 0 bridgehead atoms. The van der Waals surface area contributed by atoms with Crippen LogP contribution in [-0.2, 0) is 10.0 Å². The fourth-order valence-electron chi connectivity index (χ4n) is 1.95. The van der Waals surface area contributed by atoms with E-state index < -0.39 is 10.0 Å². The lowest BCUT2D eigenvalue weighted by Crippen LogP contribution is -2.32. The molecule has 0 aliphatic rings. The Morgan fingerprint density at radius 1 is 1.19 bits per heavy atom. The maximum atomic E-state index is 12.6. The topological polar surface area (TPSA) is 57.6 Å². The van der Waals surface area contributed by atoms with Gasteiger partial charge in [0.1, 0.15) is 0 Å². The summed E-state index contributed by atoms with van der Waals surface area (Å²) in [5, 5.41) is 8.71. The molecule has 0 radical (unpaired) electrons. The Kier molecular flexibility index (Phi) is 7.44. The second kappa shape index (κ2) is 8.83. The van der Waals surface area contributed by atoms with Crippen molar-refractivity contribution in [2.75, 3.05) is 19.7 Å². The summed E-state index contributed by atoms with van der Waals surface area (Å²) in [6, 6.07) is 6.67. The summed E-state index contributed by atoms with van der Waals surface area (Å²) in [6.45, 7) is 4.99. The van der Waals surface area contributed by atoms with E-state index in [0.29, 0.717) is 25.1 Å².